The van der Waals surface area contributed by atoms with E-state index in [1.54, 1.807) is 42.5 Å². The highest BCUT2D eigenvalue weighted by Gasteiger charge is 2.14. The van der Waals surface area contributed by atoms with Crippen LogP contribution in [0.2, 0.25) is 5.02 Å². The highest BCUT2D eigenvalue weighted by molar-refractivity contribution is 9.10. The Morgan fingerprint density at radius 2 is 1.81 bits per heavy atom. The fourth-order valence-electron chi connectivity index (χ4n) is 2.45. The zero-order valence-electron chi connectivity index (χ0n) is 15.6. The number of hydrazone groups is 1. The fraction of sp³-hybridized carbons (Fsp3) is 0. The van der Waals surface area contributed by atoms with E-state index in [2.05, 4.69) is 26.5 Å². The van der Waals surface area contributed by atoms with Gasteiger partial charge >= 0.3 is 5.97 Å². The van der Waals surface area contributed by atoms with E-state index in [0.29, 0.717) is 10.0 Å². The number of benzene rings is 3. The first-order valence-electron chi connectivity index (χ1n) is 8.69. The molecule has 0 aliphatic heterocycles. The van der Waals surface area contributed by atoms with E-state index < -0.39 is 16.8 Å². The maximum absolute atomic E-state index is 12.4. The monoisotopic (exact) mass is 501 g/mol. The van der Waals surface area contributed by atoms with Gasteiger partial charge in [0.05, 0.1) is 21.7 Å². The van der Waals surface area contributed by atoms with E-state index >= 15 is 0 Å². The average Bonchev–Trinajstić information content (AvgIpc) is 2.75. The third-order valence-corrected chi connectivity index (χ3v) is 4.80. The Bertz CT molecular complexity index is 1180. The lowest BCUT2D eigenvalue weighted by Gasteiger charge is -2.09. The number of nitro groups is 1. The average molecular weight is 503 g/mol. The van der Waals surface area contributed by atoms with Crippen molar-refractivity contribution in [3.8, 4) is 5.75 Å². The summed E-state index contributed by atoms with van der Waals surface area (Å²) < 4.78 is 6.14. The molecule has 10 heteroatoms. The zero-order chi connectivity index (χ0) is 22.4. The Morgan fingerprint density at radius 3 is 2.48 bits per heavy atom. The van der Waals surface area contributed by atoms with Crippen LogP contribution in [0.4, 0.5) is 5.69 Å². The third-order valence-electron chi connectivity index (χ3n) is 3.98. The molecule has 3 aromatic carbocycles. The lowest BCUT2D eigenvalue weighted by molar-refractivity contribution is -0.384. The van der Waals surface area contributed by atoms with Gasteiger partial charge in [-0.3, -0.25) is 14.9 Å². The highest BCUT2D eigenvalue weighted by atomic mass is 79.9. The van der Waals surface area contributed by atoms with Crippen LogP contribution in [0.15, 0.2) is 76.3 Å². The van der Waals surface area contributed by atoms with Crippen LogP contribution >= 0.6 is 27.5 Å². The molecule has 0 saturated heterocycles. The minimum atomic E-state index is -0.641. The molecule has 0 heterocycles. The van der Waals surface area contributed by atoms with Crippen molar-refractivity contribution in [2.75, 3.05) is 0 Å². The van der Waals surface area contributed by atoms with E-state index in [1.807, 2.05) is 0 Å². The molecule has 31 heavy (non-hydrogen) atoms. The molecule has 0 aliphatic carbocycles. The predicted molar refractivity (Wildman–Crippen MR) is 119 cm³/mol. The molecule has 3 rings (SSSR count). The summed E-state index contributed by atoms with van der Waals surface area (Å²) >= 11 is 9.36. The fourth-order valence-corrected chi connectivity index (χ4v) is 3.05. The summed E-state index contributed by atoms with van der Waals surface area (Å²) in [5, 5.41) is 14.8. The molecule has 0 fully saturated rings. The number of halogens is 2. The number of non-ortho nitro benzene ring substituents is 1. The summed E-state index contributed by atoms with van der Waals surface area (Å²) in [6.07, 6.45) is 1.31. The Labute approximate surface area is 189 Å². The van der Waals surface area contributed by atoms with Crippen molar-refractivity contribution in [3.05, 3.63) is 103 Å². The lowest BCUT2D eigenvalue weighted by atomic mass is 10.2. The molecule has 0 saturated carbocycles. The van der Waals surface area contributed by atoms with Crippen molar-refractivity contribution >= 4 is 51.3 Å². The van der Waals surface area contributed by atoms with E-state index in [4.69, 9.17) is 16.3 Å². The Hall–Kier alpha value is -3.56. The van der Waals surface area contributed by atoms with Gasteiger partial charge in [0.25, 0.3) is 11.6 Å². The number of amides is 1. The van der Waals surface area contributed by atoms with Crippen LogP contribution in [0, 0.1) is 10.1 Å². The van der Waals surface area contributed by atoms with Crippen LogP contribution in [0.5, 0.6) is 5.75 Å². The minimum absolute atomic E-state index is 0.126. The summed E-state index contributed by atoms with van der Waals surface area (Å²) in [6.45, 7) is 0. The summed E-state index contributed by atoms with van der Waals surface area (Å²) in [5.41, 5.74) is 3.02. The van der Waals surface area contributed by atoms with Crippen molar-refractivity contribution in [1.82, 2.24) is 5.43 Å². The molecule has 0 bridgehead atoms. The van der Waals surface area contributed by atoms with Crippen LogP contribution in [-0.2, 0) is 0 Å². The van der Waals surface area contributed by atoms with Gasteiger partial charge in [-0.1, -0.05) is 39.7 Å². The van der Waals surface area contributed by atoms with Gasteiger partial charge in [0, 0.05) is 27.7 Å². The molecule has 0 radical (unpaired) electrons. The van der Waals surface area contributed by atoms with Crippen molar-refractivity contribution in [3.63, 3.8) is 0 Å². The molecule has 0 atom stereocenters. The number of esters is 1. The van der Waals surface area contributed by atoms with Gasteiger partial charge in [-0.25, -0.2) is 10.2 Å². The van der Waals surface area contributed by atoms with Crippen molar-refractivity contribution < 1.29 is 19.2 Å². The molecule has 3 aromatic rings. The molecular weight excluding hydrogens is 490 g/mol. The first-order chi connectivity index (χ1) is 14.8. The number of rotatable bonds is 6. The summed E-state index contributed by atoms with van der Waals surface area (Å²) in [7, 11) is 0. The van der Waals surface area contributed by atoms with Gasteiger partial charge < -0.3 is 4.74 Å². The minimum Gasteiger partial charge on any atom is -0.422 e. The maximum Gasteiger partial charge on any atom is 0.345 e. The van der Waals surface area contributed by atoms with Crippen LogP contribution in [-0.4, -0.2) is 23.0 Å². The van der Waals surface area contributed by atoms with Crippen LogP contribution in [0.1, 0.15) is 26.3 Å². The number of hydrogen-bond donors (Lipinski definition) is 1. The molecule has 0 spiro atoms. The third kappa shape index (κ3) is 5.74. The number of ether oxygens (including phenoxy) is 1. The summed E-state index contributed by atoms with van der Waals surface area (Å²) in [4.78, 5) is 34.7. The smallest absolute Gasteiger partial charge is 0.345 e. The topological polar surface area (TPSA) is 111 Å². The van der Waals surface area contributed by atoms with E-state index in [-0.39, 0.29) is 27.6 Å². The number of hydrogen-bond acceptors (Lipinski definition) is 6. The molecular formula is C21H13BrClN3O5. The second kappa shape index (κ2) is 9.96. The first kappa shape index (κ1) is 22.1. The number of nitrogens with one attached hydrogen (secondary N) is 1. The van der Waals surface area contributed by atoms with Gasteiger partial charge in [-0.2, -0.15) is 5.10 Å². The van der Waals surface area contributed by atoms with E-state index in [0.717, 1.165) is 0 Å². The second-order valence-electron chi connectivity index (χ2n) is 6.05. The maximum atomic E-state index is 12.4. The molecule has 0 aromatic heterocycles. The number of carbonyl (C=O) groups excluding carboxylic acids is 2. The standard InChI is InChI=1S/C21H13BrClN3O5/c22-15-7-10-19(31-21(28)17-3-1-2-4-18(17)23)14(11-15)12-24-25-20(27)13-5-8-16(9-6-13)26(29)30/h1-12H,(H,25,27)/b24-12-. The van der Waals surface area contributed by atoms with Gasteiger partial charge in [0.1, 0.15) is 5.75 Å². The van der Waals surface area contributed by atoms with Crippen LogP contribution in [0.3, 0.4) is 0 Å². The van der Waals surface area contributed by atoms with Gasteiger partial charge in [-0.15, -0.1) is 0 Å². The van der Waals surface area contributed by atoms with Crippen LogP contribution in [0.25, 0.3) is 0 Å². The zero-order valence-corrected chi connectivity index (χ0v) is 18.0. The largest absolute Gasteiger partial charge is 0.422 e. The predicted octanol–water partition coefficient (Wildman–Crippen LogP) is 4.99. The molecule has 1 amide bonds. The van der Waals surface area contributed by atoms with Crippen molar-refractivity contribution in [2.24, 2.45) is 5.10 Å². The molecule has 1 N–H and O–H groups in total. The SMILES string of the molecule is O=C(N/N=C\c1cc(Br)ccc1OC(=O)c1ccccc1Cl)c1ccc([N+](=O)[O-])cc1. The van der Waals surface area contributed by atoms with E-state index in [1.165, 1.54) is 30.5 Å². The van der Waals surface area contributed by atoms with Crippen LogP contribution < -0.4 is 10.2 Å². The Balaban J connectivity index is 1.73. The van der Waals surface area contributed by atoms with Gasteiger partial charge in [0.15, 0.2) is 0 Å². The number of nitro benzene ring substituents is 1. The normalized spacial score (nSPS) is 10.6. The van der Waals surface area contributed by atoms with Gasteiger partial charge in [-0.05, 0) is 42.5 Å². The summed E-state index contributed by atoms with van der Waals surface area (Å²) in [5.74, 6) is -0.991. The molecule has 0 unspecified atom stereocenters. The number of carbonyl (C=O) groups is 2. The number of nitrogens with zero attached hydrogens (tertiary/aromatic N) is 2. The summed E-state index contributed by atoms with van der Waals surface area (Å²) in [6, 6.07) is 16.5. The Morgan fingerprint density at radius 1 is 1.10 bits per heavy atom. The highest BCUT2D eigenvalue weighted by Crippen LogP contribution is 2.24. The Kier molecular flexibility index (Phi) is 7.11. The van der Waals surface area contributed by atoms with E-state index in [9.17, 15) is 19.7 Å². The molecule has 8 nitrogen and oxygen atoms in total. The quantitative estimate of drug-likeness (QED) is 0.168. The van der Waals surface area contributed by atoms with Crippen molar-refractivity contribution in [2.45, 2.75) is 0 Å². The van der Waals surface area contributed by atoms with Gasteiger partial charge in [0.2, 0.25) is 0 Å². The second-order valence-corrected chi connectivity index (χ2v) is 7.38. The molecule has 156 valence electrons. The van der Waals surface area contributed by atoms with Crippen molar-refractivity contribution in [1.29, 1.82) is 0 Å². The lowest BCUT2D eigenvalue weighted by Crippen LogP contribution is -2.17. The first-order valence-corrected chi connectivity index (χ1v) is 9.86. The molecule has 0 aliphatic rings.